The van der Waals surface area contributed by atoms with Gasteiger partial charge in [0.1, 0.15) is 12.4 Å². The molecule has 0 spiro atoms. The third-order valence-electron chi connectivity index (χ3n) is 3.41. The number of amides is 1. The van der Waals surface area contributed by atoms with Crippen molar-refractivity contribution in [3.63, 3.8) is 0 Å². The van der Waals surface area contributed by atoms with Gasteiger partial charge in [0, 0.05) is 13.0 Å². The predicted octanol–water partition coefficient (Wildman–Crippen LogP) is 1.41. The molecule has 2 rings (SSSR count). The fraction of sp³-hybridized carbons (Fsp3) is 0.533. The second-order valence-corrected chi connectivity index (χ2v) is 4.84. The zero-order valence-electron chi connectivity index (χ0n) is 11.3. The topological polar surface area (TPSA) is 64.4 Å². The summed E-state index contributed by atoms with van der Waals surface area (Å²) < 4.78 is 5.79. The van der Waals surface area contributed by atoms with E-state index < -0.39 is 0 Å². The first-order valence-electron chi connectivity index (χ1n) is 7.01. The Kier molecular flexibility index (Phi) is 5.21. The van der Waals surface area contributed by atoms with E-state index in [2.05, 4.69) is 11.4 Å². The number of fused-ring (bicyclic) bond motifs is 1. The van der Waals surface area contributed by atoms with Crippen molar-refractivity contribution in [2.75, 3.05) is 19.7 Å². The minimum Gasteiger partial charge on any atom is -0.491 e. The molecule has 0 saturated heterocycles. The molecule has 0 aromatic heterocycles. The zero-order valence-corrected chi connectivity index (χ0v) is 11.3. The van der Waals surface area contributed by atoms with E-state index in [1.165, 1.54) is 24.0 Å². The van der Waals surface area contributed by atoms with Gasteiger partial charge in [-0.3, -0.25) is 4.79 Å². The van der Waals surface area contributed by atoms with Crippen molar-refractivity contribution in [1.82, 2.24) is 5.32 Å². The molecule has 104 valence electrons. The Hall–Kier alpha value is -1.55. The summed E-state index contributed by atoms with van der Waals surface area (Å²) in [5.41, 5.74) is 8.07. The number of rotatable bonds is 6. The molecule has 0 unspecified atom stereocenters. The van der Waals surface area contributed by atoms with Gasteiger partial charge in [-0.2, -0.15) is 0 Å². The minimum atomic E-state index is -0.0128. The van der Waals surface area contributed by atoms with Crippen molar-refractivity contribution in [2.24, 2.45) is 5.73 Å². The van der Waals surface area contributed by atoms with Crippen molar-refractivity contribution < 1.29 is 9.53 Å². The number of ether oxygens (including phenoxy) is 1. The van der Waals surface area contributed by atoms with Crippen LogP contribution in [-0.2, 0) is 17.6 Å². The molecule has 0 saturated carbocycles. The molecule has 3 N–H and O–H groups in total. The van der Waals surface area contributed by atoms with Crippen LogP contribution in [0.4, 0.5) is 0 Å². The fourth-order valence-corrected chi connectivity index (χ4v) is 2.45. The predicted molar refractivity (Wildman–Crippen MR) is 75.3 cm³/mol. The number of hydrogen-bond acceptors (Lipinski definition) is 3. The molecule has 0 atom stereocenters. The summed E-state index contributed by atoms with van der Waals surface area (Å²) in [5, 5.41) is 2.79. The molecule has 19 heavy (non-hydrogen) atoms. The molecule has 0 fully saturated rings. The second kappa shape index (κ2) is 7.14. The van der Waals surface area contributed by atoms with Crippen molar-refractivity contribution in [2.45, 2.75) is 32.1 Å². The molecule has 1 aromatic rings. The van der Waals surface area contributed by atoms with E-state index in [4.69, 9.17) is 10.5 Å². The van der Waals surface area contributed by atoms with Crippen LogP contribution in [-0.4, -0.2) is 25.6 Å². The molecule has 1 aromatic carbocycles. The largest absolute Gasteiger partial charge is 0.491 e. The van der Waals surface area contributed by atoms with Gasteiger partial charge in [0.2, 0.25) is 5.91 Å². The Bertz CT molecular complexity index is 432. The summed E-state index contributed by atoms with van der Waals surface area (Å²) in [6, 6.07) is 6.25. The summed E-state index contributed by atoms with van der Waals surface area (Å²) in [5.74, 6) is 0.964. The van der Waals surface area contributed by atoms with Gasteiger partial charge in [-0.1, -0.05) is 12.1 Å². The van der Waals surface area contributed by atoms with Crippen LogP contribution in [0.25, 0.3) is 0 Å². The van der Waals surface area contributed by atoms with Crippen LogP contribution in [0, 0.1) is 0 Å². The standard InChI is InChI=1S/C15H22N2O2/c16-9-8-15(18)17-10-11-19-14-7-3-5-12-4-1-2-6-13(12)14/h3,5,7H,1-2,4,6,8-11,16H2,(H,17,18). The average Bonchev–Trinajstić information content (AvgIpc) is 2.44. The lowest BCUT2D eigenvalue weighted by atomic mass is 9.91. The highest BCUT2D eigenvalue weighted by atomic mass is 16.5. The van der Waals surface area contributed by atoms with Gasteiger partial charge in [-0.25, -0.2) is 0 Å². The maximum absolute atomic E-state index is 11.2. The average molecular weight is 262 g/mol. The number of nitrogens with two attached hydrogens (primary N) is 1. The summed E-state index contributed by atoms with van der Waals surface area (Å²) in [4.78, 5) is 11.2. The van der Waals surface area contributed by atoms with Crippen molar-refractivity contribution in [3.05, 3.63) is 29.3 Å². The van der Waals surface area contributed by atoms with Gasteiger partial charge in [-0.15, -0.1) is 0 Å². The lowest BCUT2D eigenvalue weighted by Gasteiger charge is -2.19. The first kappa shape index (κ1) is 13.9. The van der Waals surface area contributed by atoms with Crippen LogP contribution < -0.4 is 15.8 Å². The van der Waals surface area contributed by atoms with Crippen LogP contribution in [0.5, 0.6) is 5.75 Å². The normalized spacial score (nSPS) is 13.7. The molecular formula is C15H22N2O2. The van der Waals surface area contributed by atoms with Gasteiger partial charge < -0.3 is 15.8 Å². The lowest BCUT2D eigenvalue weighted by Crippen LogP contribution is -2.29. The Balaban J connectivity index is 1.81. The van der Waals surface area contributed by atoms with Crippen LogP contribution in [0.15, 0.2) is 18.2 Å². The van der Waals surface area contributed by atoms with E-state index in [1.807, 2.05) is 12.1 Å². The summed E-state index contributed by atoms with van der Waals surface area (Å²) >= 11 is 0. The second-order valence-electron chi connectivity index (χ2n) is 4.84. The Morgan fingerprint density at radius 2 is 2.16 bits per heavy atom. The van der Waals surface area contributed by atoms with Crippen LogP contribution in [0.1, 0.15) is 30.4 Å². The molecule has 4 nitrogen and oxygen atoms in total. The van der Waals surface area contributed by atoms with Crippen LogP contribution >= 0.6 is 0 Å². The first-order chi connectivity index (χ1) is 9.31. The Morgan fingerprint density at radius 1 is 1.32 bits per heavy atom. The molecule has 1 aliphatic rings. The van der Waals surface area contributed by atoms with Crippen molar-refractivity contribution in [3.8, 4) is 5.75 Å². The summed E-state index contributed by atoms with van der Waals surface area (Å²) in [6.07, 6.45) is 5.14. The van der Waals surface area contributed by atoms with E-state index in [-0.39, 0.29) is 5.91 Å². The van der Waals surface area contributed by atoms with E-state index >= 15 is 0 Å². The van der Waals surface area contributed by atoms with E-state index in [0.29, 0.717) is 26.1 Å². The van der Waals surface area contributed by atoms with E-state index in [1.54, 1.807) is 0 Å². The van der Waals surface area contributed by atoms with Gasteiger partial charge >= 0.3 is 0 Å². The Labute approximate surface area is 114 Å². The molecular weight excluding hydrogens is 240 g/mol. The number of carbonyl (C=O) groups excluding carboxylic acids is 1. The first-order valence-corrected chi connectivity index (χ1v) is 7.01. The molecule has 0 aliphatic heterocycles. The highest BCUT2D eigenvalue weighted by Gasteiger charge is 2.13. The van der Waals surface area contributed by atoms with Crippen molar-refractivity contribution >= 4 is 5.91 Å². The maximum Gasteiger partial charge on any atom is 0.221 e. The number of hydrogen-bond donors (Lipinski definition) is 2. The smallest absolute Gasteiger partial charge is 0.221 e. The lowest BCUT2D eigenvalue weighted by molar-refractivity contribution is -0.120. The fourth-order valence-electron chi connectivity index (χ4n) is 2.45. The van der Waals surface area contributed by atoms with Gasteiger partial charge in [0.15, 0.2) is 0 Å². The van der Waals surface area contributed by atoms with E-state index in [0.717, 1.165) is 18.6 Å². The van der Waals surface area contributed by atoms with Gasteiger partial charge in [0.25, 0.3) is 0 Å². The molecule has 0 heterocycles. The molecule has 1 aliphatic carbocycles. The summed E-state index contributed by atoms with van der Waals surface area (Å²) in [7, 11) is 0. The highest BCUT2D eigenvalue weighted by Crippen LogP contribution is 2.29. The highest BCUT2D eigenvalue weighted by molar-refractivity contribution is 5.75. The van der Waals surface area contributed by atoms with Gasteiger partial charge in [-0.05, 0) is 42.9 Å². The van der Waals surface area contributed by atoms with Gasteiger partial charge in [0.05, 0.1) is 6.54 Å². The summed E-state index contributed by atoms with van der Waals surface area (Å²) in [6.45, 7) is 1.42. The monoisotopic (exact) mass is 262 g/mol. The third kappa shape index (κ3) is 3.96. The van der Waals surface area contributed by atoms with Crippen LogP contribution in [0.2, 0.25) is 0 Å². The third-order valence-corrected chi connectivity index (χ3v) is 3.41. The minimum absolute atomic E-state index is 0.0128. The SMILES string of the molecule is NCCC(=O)NCCOc1cccc2c1CCCC2. The molecule has 0 bridgehead atoms. The number of benzene rings is 1. The van der Waals surface area contributed by atoms with Crippen LogP contribution in [0.3, 0.4) is 0 Å². The maximum atomic E-state index is 11.2. The van der Waals surface area contributed by atoms with Crippen molar-refractivity contribution in [1.29, 1.82) is 0 Å². The van der Waals surface area contributed by atoms with E-state index in [9.17, 15) is 4.79 Å². The quantitative estimate of drug-likeness (QED) is 0.762. The zero-order chi connectivity index (χ0) is 13.5. The molecule has 0 radical (unpaired) electrons. The Morgan fingerprint density at radius 3 is 3.00 bits per heavy atom. The number of carbonyl (C=O) groups is 1. The number of nitrogens with one attached hydrogen (secondary N) is 1. The number of aryl methyl sites for hydroxylation is 1. The molecule has 4 heteroatoms. The molecule has 1 amide bonds.